The first-order chi connectivity index (χ1) is 7.22. The summed E-state index contributed by atoms with van der Waals surface area (Å²) < 4.78 is 0. The van der Waals surface area contributed by atoms with Crippen LogP contribution in [0.4, 0.5) is 0 Å². The summed E-state index contributed by atoms with van der Waals surface area (Å²) in [5, 5.41) is 0. The Kier molecular flexibility index (Phi) is 4.45. The van der Waals surface area contributed by atoms with Crippen LogP contribution in [-0.2, 0) is 0 Å². The topological polar surface area (TPSA) is 26.0 Å². The first kappa shape index (κ1) is 14.0. The van der Waals surface area contributed by atoms with Gasteiger partial charge in [0, 0.05) is 5.54 Å². The van der Waals surface area contributed by atoms with E-state index in [1.165, 1.54) is 38.5 Å². The average Bonchev–Trinajstić information content (AvgIpc) is 2.14. The predicted octanol–water partition coefficient (Wildman–Crippen LogP) is 4.36. The maximum atomic E-state index is 6.59. The first-order valence-electron chi connectivity index (χ1n) is 7.01. The van der Waals surface area contributed by atoms with Crippen LogP contribution in [-0.4, -0.2) is 5.54 Å². The van der Waals surface area contributed by atoms with Crippen LogP contribution in [0.15, 0.2) is 0 Å². The molecule has 2 unspecified atom stereocenters. The monoisotopic (exact) mass is 225 g/mol. The lowest BCUT2D eigenvalue weighted by molar-refractivity contribution is 0.158. The second-order valence-electron chi connectivity index (χ2n) is 7.52. The summed E-state index contributed by atoms with van der Waals surface area (Å²) in [6.45, 7) is 11.7. The SMILES string of the molecule is CC(C)C1CCCC(N)(CCC(C)(C)C)C1. The molecule has 96 valence electrons. The van der Waals surface area contributed by atoms with Crippen LogP contribution in [0.5, 0.6) is 0 Å². The van der Waals surface area contributed by atoms with Crippen molar-refractivity contribution in [2.45, 2.75) is 78.7 Å². The van der Waals surface area contributed by atoms with Gasteiger partial charge in [0.15, 0.2) is 0 Å². The minimum atomic E-state index is 0.139. The van der Waals surface area contributed by atoms with Gasteiger partial charge in [0.05, 0.1) is 0 Å². The van der Waals surface area contributed by atoms with Crippen molar-refractivity contribution >= 4 is 0 Å². The second-order valence-corrected chi connectivity index (χ2v) is 7.52. The molecule has 1 saturated carbocycles. The lowest BCUT2D eigenvalue weighted by atomic mass is 9.69. The van der Waals surface area contributed by atoms with E-state index >= 15 is 0 Å². The molecule has 0 saturated heterocycles. The third-order valence-corrected chi connectivity index (χ3v) is 4.23. The summed E-state index contributed by atoms with van der Waals surface area (Å²) in [7, 11) is 0. The van der Waals surface area contributed by atoms with Gasteiger partial charge in [-0.25, -0.2) is 0 Å². The van der Waals surface area contributed by atoms with Crippen LogP contribution < -0.4 is 5.73 Å². The van der Waals surface area contributed by atoms with E-state index in [2.05, 4.69) is 34.6 Å². The zero-order valence-electron chi connectivity index (χ0n) is 12.0. The minimum Gasteiger partial charge on any atom is -0.325 e. The molecule has 0 bridgehead atoms. The molecule has 0 aromatic heterocycles. The molecule has 1 aliphatic carbocycles. The maximum Gasteiger partial charge on any atom is 0.0157 e. The zero-order chi connectivity index (χ0) is 12.4. The number of hydrogen-bond donors (Lipinski definition) is 1. The maximum absolute atomic E-state index is 6.59. The van der Waals surface area contributed by atoms with E-state index in [0.29, 0.717) is 5.41 Å². The van der Waals surface area contributed by atoms with Crippen molar-refractivity contribution in [3.8, 4) is 0 Å². The summed E-state index contributed by atoms with van der Waals surface area (Å²) in [4.78, 5) is 0. The predicted molar refractivity (Wildman–Crippen MR) is 72.4 cm³/mol. The molecule has 16 heavy (non-hydrogen) atoms. The lowest BCUT2D eigenvalue weighted by Crippen LogP contribution is -2.45. The fraction of sp³-hybridized carbons (Fsp3) is 1.00. The van der Waals surface area contributed by atoms with Crippen molar-refractivity contribution < 1.29 is 0 Å². The van der Waals surface area contributed by atoms with Gasteiger partial charge in [-0.2, -0.15) is 0 Å². The summed E-state index contributed by atoms with van der Waals surface area (Å²) in [6.07, 6.45) is 7.69. The Hall–Kier alpha value is -0.0400. The second kappa shape index (κ2) is 5.08. The fourth-order valence-electron chi connectivity index (χ4n) is 2.86. The van der Waals surface area contributed by atoms with Crippen molar-refractivity contribution in [3.05, 3.63) is 0 Å². The quantitative estimate of drug-likeness (QED) is 0.759. The van der Waals surface area contributed by atoms with Crippen molar-refractivity contribution in [2.75, 3.05) is 0 Å². The largest absolute Gasteiger partial charge is 0.325 e. The highest BCUT2D eigenvalue weighted by atomic mass is 14.7. The average molecular weight is 225 g/mol. The standard InChI is InChI=1S/C15H31N/c1-12(2)13-7-6-8-15(16,11-13)10-9-14(3,4)5/h12-13H,6-11,16H2,1-5H3. The molecule has 0 spiro atoms. The van der Waals surface area contributed by atoms with Gasteiger partial charge in [-0.15, -0.1) is 0 Å². The van der Waals surface area contributed by atoms with Crippen molar-refractivity contribution in [1.82, 2.24) is 0 Å². The molecular weight excluding hydrogens is 194 g/mol. The summed E-state index contributed by atoms with van der Waals surface area (Å²) >= 11 is 0. The molecule has 1 heteroatoms. The molecule has 1 rings (SSSR count). The molecule has 0 amide bonds. The van der Waals surface area contributed by atoms with E-state index in [-0.39, 0.29) is 5.54 Å². The van der Waals surface area contributed by atoms with Gasteiger partial charge < -0.3 is 5.73 Å². The Bertz CT molecular complexity index is 214. The Labute approximate surface area is 102 Å². The van der Waals surface area contributed by atoms with E-state index < -0.39 is 0 Å². The van der Waals surface area contributed by atoms with Crippen LogP contribution >= 0.6 is 0 Å². The Morgan fingerprint density at radius 1 is 1.31 bits per heavy atom. The molecule has 0 aromatic rings. The molecule has 0 heterocycles. The van der Waals surface area contributed by atoms with Crippen LogP contribution in [0.3, 0.4) is 0 Å². The zero-order valence-corrected chi connectivity index (χ0v) is 12.0. The number of rotatable bonds is 3. The third kappa shape index (κ3) is 4.45. The molecule has 0 aliphatic heterocycles. The molecule has 1 aliphatic rings. The van der Waals surface area contributed by atoms with Crippen LogP contribution in [0.2, 0.25) is 0 Å². The van der Waals surface area contributed by atoms with Crippen molar-refractivity contribution in [1.29, 1.82) is 0 Å². The first-order valence-corrected chi connectivity index (χ1v) is 7.01. The number of nitrogens with two attached hydrogens (primary N) is 1. The van der Waals surface area contributed by atoms with Gasteiger partial charge in [0.2, 0.25) is 0 Å². The highest BCUT2D eigenvalue weighted by Gasteiger charge is 2.34. The van der Waals surface area contributed by atoms with E-state index in [9.17, 15) is 0 Å². The van der Waals surface area contributed by atoms with Gasteiger partial charge in [0.25, 0.3) is 0 Å². The molecule has 0 radical (unpaired) electrons. The van der Waals surface area contributed by atoms with E-state index in [1.807, 2.05) is 0 Å². The van der Waals surface area contributed by atoms with Crippen LogP contribution in [0, 0.1) is 17.3 Å². The molecule has 2 atom stereocenters. The van der Waals surface area contributed by atoms with Gasteiger partial charge in [-0.1, -0.05) is 47.5 Å². The normalized spacial score (nSPS) is 32.1. The Morgan fingerprint density at radius 2 is 1.94 bits per heavy atom. The van der Waals surface area contributed by atoms with E-state index in [0.717, 1.165) is 11.8 Å². The highest BCUT2D eigenvalue weighted by Crippen LogP contribution is 2.39. The van der Waals surface area contributed by atoms with E-state index in [1.54, 1.807) is 0 Å². The Balaban J connectivity index is 2.49. The van der Waals surface area contributed by atoms with Crippen molar-refractivity contribution in [2.24, 2.45) is 23.0 Å². The third-order valence-electron chi connectivity index (χ3n) is 4.23. The van der Waals surface area contributed by atoms with Crippen LogP contribution in [0.1, 0.15) is 73.1 Å². The van der Waals surface area contributed by atoms with Crippen LogP contribution in [0.25, 0.3) is 0 Å². The van der Waals surface area contributed by atoms with Crippen molar-refractivity contribution in [3.63, 3.8) is 0 Å². The molecular formula is C15H31N. The number of hydrogen-bond acceptors (Lipinski definition) is 1. The molecule has 0 aromatic carbocycles. The smallest absolute Gasteiger partial charge is 0.0157 e. The van der Waals surface area contributed by atoms with E-state index in [4.69, 9.17) is 5.73 Å². The van der Waals surface area contributed by atoms with Gasteiger partial charge >= 0.3 is 0 Å². The molecule has 1 nitrogen and oxygen atoms in total. The van der Waals surface area contributed by atoms with Gasteiger partial charge in [-0.05, 0) is 42.9 Å². The highest BCUT2D eigenvalue weighted by molar-refractivity contribution is 4.92. The Morgan fingerprint density at radius 3 is 2.44 bits per heavy atom. The molecule has 2 N–H and O–H groups in total. The molecule has 1 fully saturated rings. The van der Waals surface area contributed by atoms with Gasteiger partial charge in [0.1, 0.15) is 0 Å². The lowest BCUT2D eigenvalue weighted by Gasteiger charge is -2.41. The van der Waals surface area contributed by atoms with Gasteiger partial charge in [-0.3, -0.25) is 0 Å². The summed E-state index contributed by atoms with van der Waals surface area (Å²) in [5.74, 6) is 1.66. The minimum absolute atomic E-state index is 0.139. The fourth-order valence-corrected chi connectivity index (χ4v) is 2.86. The summed E-state index contributed by atoms with van der Waals surface area (Å²) in [6, 6.07) is 0. The summed E-state index contributed by atoms with van der Waals surface area (Å²) in [5.41, 5.74) is 7.16.